The predicted molar refractivity (Wildman–Crippen MR) is 73.2 cm³/mol. The Bertz CT molecular complexity index is 355. The molecule has 1 aromatic heterocycles. The number of rotatable bonds is 3. The van der Waals surface area contributed by atoms with Gasteiger partial charge in [0, 0.05) is 18.8 Å². The maximum atomic E-state index is 4.26. The molecule has 1 unspecified atom stereocenters. The lowest BCUT2D eigenvalue weighted by molar-refractivity contribution is 0.681. The molecule has 0 aromatic carbocycles. The van der Waals surface area contributed by atoms with E-state index in [0.717, 1.165) is 21.9 Å². The van der Waals surface area contributed by atoms with E-state index in [1.54, 1.807) is 6.33 Å². The third-order valence-corrected chi connectivity index (χ3v) is 4.49. The molecule has 0 aliphatic carbocycles. The molecular weight excluding hydrogens is 288 g/mol. The molecule has 0 amide bonds. The summed E-state index contributed by atoms with van der Waals surface area (Å²) in [5, 5.41) is 6.49. The number of anilines is 2. The highest BCUT2D eigenvalue weighted by Crippen LogP contribution is 2.28. The summed E-state index contributed by atoms with van der Waals surface area (Å²) in [5.41, 5.74) is 0. The van der Waals surface area contributed by atoms with E-state index >= 15 is 0 Å². The van der Waals surface area contributed by atoms with Gasteiger partial charge in [0.05, 0.1) is 0 Å². The van der Waals surface area contributed by atoms with Crippen molar-refractivity contribution in [1.29, 1.82) is 0 Å². The molecule has 1 aliphatic rings. The fourth-order valence-corrected chi connectivity index (χ4v) is 3.28. The molecule has 4 nitrogen and oxygen atoms in total. The van der Waals surface area contributed by atoms with Gasteiger partial charge in [-0.3, -0.25) is 0 Å². The molecule has 0 spiro atoms. The van der Waals surface area contributed by atoms with Crippen molar-refractivity contribution in [3.63, 3.8) is 0 Å². The third-order valence-electron chi connectivity index (χ3n) is 2.53. The molecule has 0 bridgehead atoms. The summed E-state index contributed by atoms with van der Waals surface area (Å²) < 4.78 is 0.910. The Kier molecular flexibility index (Phi) is 4.29. The summed E-state index contributed by atoms with van der Waals surface area (Å²) in [6.07, 6.45) is 4.08. The zero-order valence-corrected chi connectivity index (χ0v) is 11.6. The summed E-state index contributed by atoms with van der Waals surface area (Å²) in [4.78, 5) is 8.40. The molecule has 2 heterocycles. The second-order valence-electron chi connectivity index (χ2n) is 3.69. The largest absolute Gasteiger partial charge is 0.372 e. The van der Waals surface area contributed by atoms with Crippen LogP contribution in [0, 0.1) is 0 Å². The number of nitrogens with zero attached hydrogens (tertiary/aromatic N) is 2. The van der Waals surface area contributed by atoms with Crippen LogP contribution in [0.5, 0.6) is 0 Å². The smallest absolute Gasteiger partial charge is 0.146 e. The highest BCUT2D eigenvalue weighted by molar-refractivity contribution is 9.10. The Morgan fingerprint density at radius 1 is 1.44 bits per heavy atom. The lowest BCUT2D eigenvalue weighted by atomic mass is 10.2. The van der Waals surface area contributed by atoms with Crippen LogP contribution in [0.4, 0.5) is 11.6 Å². The molecule has 88 valence electrons. The number of thioether (sulfide) groups is 1. The molecule has 0 saturated carbocycles. The van der Waals surface area contributed by atoms with Crippen LogP contribution >= 0.6 is 27.7 Å². The van der Waals surface area contributed by atoms with E-state index in [4.69, 9.17) is 0 Å². The fraction of sp³-hybridized carbons (Fsp3) is 0.600. The Hall–Kier alpha value is -0.490. The van der Waals surface area contributed by atoms with Gasteiger partial charge in [-0.25, -0.2) is 9.97 Å². The van der Waals surface area contributed by atoms with Gasteiger partial charge in [0.2, 0.25) is 0 Å². The second kappa shape index (κ2) is 5.72. The van der Waals surface area contributed by atoms with Crippen LogP contribution in [0.3, 0.4) is 0 Å². The topological polar surface area (TPSA) is 49.8 Å². The molecule has 1 atom stereocenters. The van der Waals surface area contributed by atoms with Gasteiger partial charge in [-0.15, -0.1) is 0 Å². The number of hydrogen-bond donors (Lipinski definition) is 2. The van der Waals surface area contributed by atoms with Gasteiger partial charge in [-0.2, -0.15) is 11.8 Å². The van der Waals surface area contributed by atoms with Crippen molar-refractivity contribution < 1.29 is 0 Å². The lowest BCUT2D eigenvalue weighted by Crippen LogP contribution is -2.26. The standard InChI is InChI=1S/C10H15BrN4S/c1-12-9-8(11)10(14-6-13-9)15-7-3-2-4-16-5-7/h6-7H,2-5H2,1H3,(H2,12,13,14,15). The first-order valence-corrected chi connectivity index (χ1v) is 7.28. The maximum absolute atomic E-state index is 4.26. The molecule has 1 fully saturated rings. The molecule has 16 heavy (non-hydrogen) atoms. The average molecular weight is 303 g/mol. The van der Waals surface area contributed by atoms with Crippen LogP contribution in [0.1, 0.15) is 12.8 Å². The second-order valence-corrected chi connectivity index (χ2v) is 5.64. The molecule has 0 radical (unpaired) electrons. The minimum absolute atomic E-state index is 0.523. The van der Waals surface area contributed by atoms with Crippen LogP contribution in [0.2, 0.25) is 0 Å². The van der Waals surface area contributed by atoms with Crippen molar-refractivity contribution in [1.82, 2.24) is 9.97 Å². The highest BCUT2D eigenvalue weighted by Gasteiger charge is 2.16. The first-order valence-electron chi connectivity index (χ1n) is 5.34. The van der Waals surface area contributed by atoms with Crippen LogP contribution < -0.4 is 10.6 Å². The Balaban J connectivity index is 2.08. The van der Waals surface area contributed by atoms with E-state index in [1.807, 2.05) is 18.8 Å². The molecule has 1 saturated heterocycles. The summed E-state index contributed by atoms with van der Waals surface area (Å²) in [6, 6.07) is 0.523. The number of aromatic nitrogens is 2. The molecule has 1 aromatic rings. The molecule has 1 aliphatic heterocycles. The van der Waals surface area contributed by atoms with Crippen LogP contribution in [0.25, 0.3) is 0 Å². The number of hydrogen-bond acceptors (Lipinski definition) is 5. The van der Waals surface area contributed by atoms with Gasteiger partial charge >= 0.3 is 0 Å². The first-order chi connectivity index (χ1) is 7.81. The van der Waals surface area contributed by atoms with E-state index in [2.05, 4.69) is 36.5 Å². The molecule has 2 rings (SSSR count). The maximum Gasteiger partial charge on any atom is 0.146 e. The quantitative estimate of drug-likeness (QED) is 0.899. The fourth-order valence-electron chi connectivity index (χ4n) is 1.69. The monoisotopic (exact) mass is 302 g/mol. The highest BCUT2D eigenvalue weighted by atomic mass is 79.9. The van der Waals surface area contributed by atoms with Gasteiger partial charge < -0.3 is 10.6 Å². The molecular formula is C10H15BrN4S. The van der Waals surface area contributed by atoms with E-state index in [9.17, 15) is 0 Å². The third kappa shape index (κ3) is 2.79. The van der Waals surface area contributed by atoms with Crippen molar-refractivity contribution in [3.05, 3.63) is 10.8 Å². The first kappa shape index (κ1) is 12.0. The number of halogens is 1. The summed E-state index contributed by atoms with van der Waals surface area (Å²) in [6.45, 7) is 0. The van der Waals surface area contributed by atoms with Crippen LogP contribution in [-0.4, -0.2) is 34.6 Å². The van der Waals surface area contributed by atoms with Crippen molar-refractivity contribution in [3.8, 4) is 0 Å². The van der Waals surface area contributed by atoms with E-state index in [0.29, 0.717) is 6.04 Å². The lowest BCUT2D eigenvalue weighted by Gasteiger charge is -2.23. The van der Waals surface area contributed by atoms with Crippen molar-refractivity contribution >= 4 is 39.3 Å². The normalized spacial score (nSPS) is 20.5. The SMILES string of the molecule is CNc1ncnc(NC2CCCSC2)c1Br. The van der Waals surface area contributed by atoms with Gasteiger partial charge in [0.15, 0.2) is 0 Å². The minimum atomic E-state index is 0.523. The van der Waals surface area contributed by atoms with E-state index in [-0.39, 0.29) is 0 Å². The van der Waals surface area contributed by atoms with E-state index in [1.165, 1.54) is 18.6 Å². The van der Waals surface area contributed by atoms with Gasteiger partial charge in [-0.05, 0) is 34.5 Å². The minimum Gasteiger partial charge on any atom is -0.372 e. The molecule has 2 N–H and O–H groups in total. The summed E-state index contributed by atoms with van der Waals surface area (Å²) in [7, 11) is 1.85. The van der Waals surface area contributed by atoms with Crippen LogP contribution in [-0.2, 0) is 0 Å². The van der Waals surface area contributed by atoms with Gasteiger partial charge in [0.1, 0.15) is 22.4 Å². The van der Waals surface area contributed by atoms with Crippen molar-refractivity contribution in [2.24, 2.45) is 0 Å². The average Bonchev–Trinajstić information content (AvgIpc) is 2.33. The zero-order valence-electron chi connectivity index (χ0n) is 9.16. The van der Waals surface area contributed by atoms with Crippen LogP contribution in [0.15, 0.2) is 10.8 Å². The summed E-state index contributed by atoms with van der Waals surface area (Å²) in [5.74, 6) is 4.14. The van der Waals surface area contributed by atoms with Crippen molar-refractivity contribution in [2.75, 3.05) is 29.2 Å². The zero-order chi connectivity index (χ0) is 11.4. The number of nitrogens with one attached hydrogen (secondary N) is 2. The van der Waals surface area contributed by atoms with Crippen molar-refractivity contribution in [2.45, 2.75) is 18.9 Å². The van der Waals surface area contributed by atoms with Gasteiger partial charge in [0.25, 0.3) is 0 Å². The Labute approximate surface area is 108 Å². The Morgan fingerprint density at radius 2 is 2.25 bits per heavy atom. The predicted octanol–water partition coefficient (Wildman–Crippen LogP) is 2.59. The molecule has 6 heteroatoms. The van der Waals surface area contributed by atoms with E-state index < -0.39 is 0 Å². The summed E-state index contributed by atoms with van der Waals surface area (Å²) >= 11 is 5.51. The Morgan fingerprint density at radius 3 is 2.94 bits per heavy atom. The van der Waals surface area contributed by atoms with Gasteiger partial charge in [-0.1, -0.05) is 0 Å².